The van der Waals surface area contributed by atoms with Crippen molar-refractivity contribution in [2.75, 3.05) is 6.54 Å². The summed E-state index contributed by atoms with van der Waals surface area (Å²) in [7, 11) is 0. The molecule has 0 aliphatic carbocycles. The van der Waals surface area contributed by atoms with Gasteiger partial charge in [-0.15, -0.1) is 0 Å². The summed E-state index contributed by atoms with van der Waals surface area (Å²) < 4.78 is 0.974. The average Bonchev–Trinajstić information content (AvgIpc) is 2.72. The molecular weight excluding hydrogens is 290 g/mol. The molecule has 2 heterocycles. The minimum absolute atomic E-state index is 0.0321. The number of carbonyl (C=O) groups is 1. The van der Waals surface area contributed by atoms with Crippen LogP contribution >= 0.6 is 23.5 Å². The Morgan fingerprint density at radius 3 is 3.10 bits per heavy atom. The van der Waals surface area contributed by atoms with Gasteiger partial charge >= 0.3 is 0 Å². The second kappa shape index (κ2) is 6.01. The molecule has 0 aromatic heterocycles. The Kier molecular flexibility index (Phi) is 4.12. The molecule has 1 aromatic rings. The maximum Gasteiger partial charge on any atom is 0.248 e. The first kappa shape index (κ1) is 13.7. The van der Waals surface area contributed by atoms with Crippen molar-refractivity contribution in [1.82, 2.24) is 5.01 Å². The van der Waals surface area contributed by atoms with Crippen molar-refractivity contribution in [1.29, 1.82) is 0 Å². The third-order valence-electron chi connectivity index (χ3n) is 3.20. The number of fused-ring (bicyclic) bond motifs is 1. The molecule has 0 radical (unpaired) electrons. The largest absolute Gasteiger partial charge is 0.273 e. The first-order valence-corrected chi connectivity index (χ1v) is 8.35. The number of amidine groups is 1. The molecule has 3 rings (SSSR count). The van der Waals surface area contributed by atoms with Crippen LogP contribution in [0.3, 0.4) is 0 Å². The van der Waals surface area contributed by atoms with E-state index in [9.17, 15) is 4.79 Å². The summed E-state index contributed by atoms with van der Waals surface area (Å²) in [4.78, 5) is 15.6. The minimum Gasteiger partial charge on any atom is -0.273 e. The van der Waals surface area contributed by atoms with Gasteiger partial charge < -0.3 is 0 Å². The fourth-order valence-electron chi connectivity index (χ4n) is 2.03. The molecule has 104 valence electrons. The Morgan fingerprint density at radius 2 is 2.25 bits per heavy atom. The van der Waals surface area contributed by atoms with Crippen LogP contribution in [0.2, 0.25) is 0 Å². The Bertz CT molecular complexity index is 598. The molecular formula is C14H15N3OS2. The van der Waals surface area contributed by atoms with E-state index in [1.165, 1.54) is 22.9 Å². The lowest BCUT2D eigenvalue weighted by molar-refractivity contribution is -0.117. The van der Waals surface area contributed by atoms with E-state index < -0.39 is 0 Å². The predicted octanol–water partition coefficient (Wildman–Crippen LogP) is 3.22. The molecule has 20 heavy (non-hydrogen) atoms. The van der Waals surface area contributed by atoms with E-state index in [0.717, 1.165) is 28.3 Å². The van der Waals surface area contributed by atoms with E-state index in [1.54, 1.807) is 11.8 Å². The van der Waals surface area contributed by atoms with Gasteiger partial charge in [0.1, 0.15) is 0 Å². The summed E-state index contributed by atoms with van der Waals surface area (Å²) >= 11 is 3.21. The van der Waals surface area contributed by atoms with Crippen molar-refractivity contribution in [2.24, 2.45) is 10.1 Å². The minimum atomic E-state index is -0.0321. The smallest absolute Gasteiger partial charge is 0.248 e. The monoisotopic (exact) mass is 305 g/mol. The van der Waals surface area contributed by atoms with Crippen LogP contribution in [0, 0.1) is 6.92 Å². The number of benzene rings is 1. The highest BCUT2D eigenvalue weighted by Crippen LogP contribution is 2.31. The lowest BCUT2D eigenvalue weighted by Gasteiger charge is -2.08. The van der Waals surface area contributed by atoms with Crippen molar-refractivity contribution in [3.63, 3.8) is 0 Å². The molecule has 0 spiro atoms. The van der Waals surface area contributed by atoms with Gasteiger partial charge in [0.15, 0.2) is 9.54 Å². The summed E-state index contributed by atoms with van der Waals surface area (Å²) in [6, 6.07) is 8.37. The lowest BCUT2D eigenvalue weighted by atomic mass is 10.1. The fourth-order valence-corrected chi connectivity index (χ4v) is 4.11. The second-order valence-corrected chi connectivity index (χ2v) is 6.88. The van der Waals surface area contributed by atoms with E-state index in [1.807, 2.05) is 5.01 Å². The Hall–Kier alpha value is -1.27. The van der Waals surface area contributed by atoms with Crippen LogP contribution < -0.4 is 0 Å². The van der Waals surface area contributed by atoms with Crippen LogP contribution in [-0.2, 0) is 10.5 Å². The lowest BCUT2D eigenvalue weighted by Crippen LogP contribution is -2.18. The third-order valence-corrected chi connectivity index (χ3v) is 5.32. The maximum atomic E-state index is 11.5. The summed E-state index contributed by atoms with van der Waals surface area (Å²) in [5, 5.41) is 7.13. The van der Waals surface area contributed by atoms with Crippen LogP contribution in [0.1, 0.15) is 24.0 Å². The first-order chi connectivity index (χ1) is 9.72. The van der Waals surface area contributed by atoms with Crippen LogP contribution in [0.4, 0.5) is 0 Å². The number of carbonyl (C=O) groups excluding carboxylic acids is 1. The van der Waals surface area contributed by atoms with E-state index in [0.29, 0.717) is 6.42 Å². The van der Waals surface area contributed by atoms with Gasteiger partial charge in [0.25, 0.3) is 0 Å². The number of hydrogen-bond acceptors (Lipinski definition) is 5. The van der Waals surface area contributed by atoms with Crippen molar-refractivity contribution >= 4 is 39.0 Å². The molecule has 0 saturated carbocycles. The van der Waals surface area contributed by atoms with E-state index in [-0.39, 0.29) is 5.91 Å². The average molecular weight is 305 g/mol. The summed E-state index contributed by atoms with van der Waals surface area (Å²) in [6.07, 6.45) is 1.35. The highest BCUT2D eigenvalue weighted by Gasteiger charge is 2.26. The summed E-state index contributed by atoms with van der Waals surface area (Å²) in [5.41, 5.74) is 2.62. The van der Waals surface area contributed by atoms with E-state index >= 15 is 0 Å². The number of nitrogens with zero attached hydrogens (tertiary/aromatic N) is 3. The molecule has 1 amide bonds. The zero-order valence-electron chi connectivity index (χ0n) is 11.2. The molecule has 6 heteroatoms. The van der Waals surface area contributed by atoms with E-state index in [4.69, 9.17) is 0 Å². The second-order valence-electron chi connectivity index (χ2n) is 4.70. The van der Waals surface area contributed by atoms with E-state index in [2.05, 4.69) is 41.3 Å². The summed E-state index contributed by atoms with van der Waals surface area (Å²) in [5.74, 6) is 0.864. The molecule has 0 N–H and O–H groups in total. The molecule has 0 saturated heterocycles. The molecule has 0 fully saturated rings. The van der Waals surface area contributed by atoms with Gasteiger partial charge in [0.05, 0.1) is 0 Å². The number of thioether (sulfide) groups is 2. The topological polar surface area (TPSA) is 45.0 Å². The van der Waals surface area contributed by atoms with Gasteiger partial charge in [-0.25, -0.2) is 5.01 Å². The number of hydrogen-bond donors (Lipinski definition) is 0. The van der Waals surface area contributed by atoms with Crippen LogP contribution in [0.15, 0.2) is 34.4 Å². The van der Waals surface area contributed by atoms with Gasteiger partial charge in [-0.3, -0.25) is 4.79 Å². The predicted molar refractivity (Wildman–Crippen MR) is 85.9 cm³/mol. The molecule has 2 aliphatic heterocycles. The van der Waals surface area contributed by atoms with Gasteiger partial charge in [0.2, 0.25) is 5.91 Å². The Morgan fingerprint density at radius 1 is 1.40 bits per heavy atom. The zero-order valence-corrected chi connectivity index (χ0v) is 12.8. The summed E-state index contributed by atoms with van der Waals surface area (Å²) in [6.45, 7) is 2.90. The standard InChI is InChI=1S/C14H15N3OS2/c1-10-5-2-3-6-11(10)9-19-14-16-17-8-4-7-12(18)15-13(17)20-14/h2-3,5-6H,4,7-9H2,1H3. The first-order valence-electron chi connectivity index (χ1n) is 6.55. The van der Waals surface area contributed by atoms with Crippen molar-refractivity contribution in [3.05, 3.63) is 35.4 Å². The van der Waals surface area contributed by atoms with Crippen LogP contribution in [0.5, 0.6) is 0 Å². The van der Waals surface area contributed by atoms with Crippen molar-refractivity contribution < 1.29 is 4.79 Å². The number of amides is 1. The van der Waals surface area contributed by atoms with Gasteiger partial charge in [-0.2, -0.15) is 10.1 Å². The van der Waals surface area contributed by atoms with Crippen LogP contribution in [-0.4, -0.2) is 27.0 Å². The van der Waals surface area contributed by atoms with Gasteiger partial charge in [0, 0.05) is 18.7 Å². The SMILES string of the molecule is Cc1ccccc1CSC1=NN2CCCC(=O)N=C2S1. The number of hydrazone groups is 1. The zero-order chi connectivity index (χ0) is 13.9. The maximum absolute atomic E-state index is 11.5. The molecule has 0 bridgehead atoms. The Balaban J connectivity index is 1.65. The number of rotatable bonds is 2. The van der Waals surface area contributed by atoms with Gasteiger partial charge in [-0.1, -0.05) is 36.0 Å². The molecule has 2 aliphatic rings. The molecule has 0 unspecified atom stereocenters. The highest BCUT2D eigenvalue weighted by atomic mass is 32.2. The number of aryl methyl sites for hydroxylation is 1. The van der Waals surface area contributed by atoms with Crippen LogP contribution in [0.25, 0.3) is 0 Å². The fraction of sp³-hybridized carbons (Fsp3) is 0.357. The quantitative estimate of drug-likeness (QED) is 0.841. The van der Waals surface area contributed by atoms with Gasteiger partial charge in [-0.05, 0) is 36.2 Å². The van der Waals surface area contributed by atoms with Crippen molar-refractivity contribution in [3.8, 4) is 0 Å². The Labute approximate surface area is 126 Å². The molecule has 0 atom stereocenters. The normalized spacial score (nSPS) is 18.4. The highest BCUT2D eigenvalue weighted by molar-refractivity contribution is 8.45. The number of aliphatic imine (C=N–C) groups is 1. The molecule has 1 aromatic carbocycles. The van der Waals surface area contributed by atoms with Crippen molar-refractivity contribution in [2.45, 2.75) is 25.5 Å². The third kappa shape index (κ3) is 3.07. The molecule has 4 nitrogen and oxygen atoms in total.